The summed E-state index contributed by atoms with van der Waals surface area (Å²) >= 11 is 0. The van der Waals surface area contributed by atoms with Gasteiger partial charge in [0.25, 0.3) is 5.56 Å². The van der Waals surface area contributed by atoms with Crippen molar-refractivity contribution < 1.29 is 14.6 Å². The second kappa shape index (κ2) is 13.7. The van der Waals surface area contributed by atoms with Crippen LogP contribution >= 0.6 is 0 Å². The van der Waals surface area contributed by atoms with Gasteiger partial charge >= 0.3 is 0 Å². The molecule has 3 atom stereocenters. The second-order valence-electron chi connectivity index (χ2n) is 13.5. The van der Waals surface area contributed by atoms with Crippen molar-refractivity contribution in [1.82, 2.24) is 19.1 Å². The van der Waals surface area contributed by atoms with Crippen molar-refractivity contribution in [2.24, 2.45) is 11.8 Å². The van der Waals surface area contributed by atoms with Crippen LogP contribution in [0.4, 0.5) is 0 Å². The van der Waals surface area contributed by atoms with E-state index in [-0.39, 0.29) is 23.9 Å². The topological polar surface area (TPSA) is 89.1 Å². The Bertz CT molecular complexity index is 1540. The van der Waals surface area contributed by atoms with Crippen LogP contribution in [0, 0.1) is 23.7 Å². The molecule has 2 aliphatic carbocycles. The molecule has 1 amide bonds. The largest absolute Gasteiger partial charge is 0.388 e. The summed E-state index contributed by atoms with van der Waals surface area (Å²) in [6.45, 7) is 3.52. The number of carbonyl (C=O) groups is 1. The van der Waals surface area contributed by atoms with Crippen LogP contribution in [-0.4, -0.2) is 61.5 Å². The van der Waals surface area contributed by atoms with Gasteiger partial charge in [-0.3, -0.25) is 14.2 Å². The summed E-state index contributed by atoms with van der Waals surface area (Å²) in [6, 6.07) is 13.6. The predicted molar refractivity (Wildman–Crippen MR) is 170 cm³/mol. The van der Waals surface area contributed by atoms with Crippen LogP contribution in [0.1, 0.15) is 94.7 Å². The van der Waals surface area contributed by atoms with Gasteiger partial charge in [0.15, 0.2) is 0 Å². The number of hydrogen-bond donors (Lipinski definition) is 1. The fraction of sp³-hybridized carbons (Fsp3) is 0.583. The first kappa shape index (κ1) is 30.6. The SMILES string of the molecule is C[C@H](CC(=O)N1CCC(O)(Cn2cnn3c(C#CCOC4CCC(CC5CCCC5)C4)ccc3c2=O)CC1)c1ccccc1. The maximum Gasteiger partial charge on any atom is 0.277 e. The van der Waals surface area contributed by atoms with Gasteiger partial charge in [-0.25, -0.2) is 4.52 Å². The Hall–Kier alpha value is -3.41. The molecule has 0 radical (unpaired) electrons. The van der Waals surface area contributed by atoms with Crippen molar-refractivity contribution in [3.8, 4) is 11.8 Å². The molecule has 1 saturated heterocycles. The van der Waals surface area contributed by atoms with Gasteiger partial charge in [0.05, 0.1) is 18.2 Å². The lowest BCUT2D eigenvalue weighted by Gasteiger charge is -2.38. The highest BCUT2D eigenvalue weighted by atomic mass is 16.5. The minimum absolute atomic E-state index is 0.0997. The van der Waals surface area contributed by atoms with E-state index >= 15 is 0 Å². The van der Waals surface area contributed by atoms with Crippen LogP contribution in [0.25, 0.3) is 5.52 Å². The van der Waals surface area contributed by atoms with Gasteiger partial charge in [0.1, 0.15) is 24.1 Å². The first-order valence-corrected chi connectivity index (χ1v) is 16.6. The molecule has 1 aromatic carbocycles. The van der Waals surface area contributed by atoms with Crippen molar-refractivity contribution in [2.45, 2.75) is 102 Å². The number of likely N-dealkylation sites (tertiary alicyclic amines) is 1. The maximum atomic E-state index is 13.3. The van der Waals surface area contributed by atoms with Crippen LogP contribution in [-0.2, 0) is 16.1 Å². The number of rotatable bonds is 9. The van der Waals surface area contributed by atoms with Gasteiger partial charge in [-0.2, -0.15) is 5.10 Å². The Morgan fingerprint density at radius 3 is 2.61 bits per heavy atom. The Labute approximate surface area is 260 Å². The lowest BCUT2D eigenvalue weighted by Crippen LogP contribution is -2.49. The summed E-state index contributed by atoms with van der Waals surface area (Å²) in [6.07, 6.45) is 13.6. The molecule has 1 N–H and O–H groups in total. The van der Waals surface area contributed by atoms with Gasteiger partial charge < -0.3 is 14.7 Å². The maximum absolute atomic E-state index is 13.3. The summed E-state index contributed by atoms with van der Waals surface area (Å²) in [5, 5.41) is 15.8. The molecule has 3 aromatic rings. The molecule has 1 aliphatic heterocycles. The van der Waals surface area contributed by atoms with Crippen molar-refractivity contribution in [1.29, 1.82) is 0 Å². The van der Waals surface area contributed by atoms with E-state index < -0.39 is 5.60 Å². The number of piperidine rings is 1. The summed E-state index contributed by atoms with van der Waals surface area (Å²) < 4.78 is 9.13. The summed E-state index contributed by atoms with van der Waals surface area (Å²) in [4.78, 5) is 28.1. The highest BCUT2D eigenvalue weighted by Crippen LogP contribution is 2.37. The quantitative estimate of drug-likeness (QED) is 0.344. The van der Waals surface area contributed by atoms with Crippen LogP contribution in [0.2, 0.25) is 0 Å². The number of benzene rings is 1. The number of hydrogen-bond acceptors (Lipinski definition) is 5. The van der Waals surface area contributed by atoms with E-state index in [2.05, 4.69) is 23.9 Å². The fourth-order valence-corrected chi connectivity index (χ4v) is 7.57. The molecule has 3 fully saturated rings. The lowest BCUT2D eigenvalue weighted by molar-refractivity contribution is -0.136. The van der Waals surface area contributed by atoms with E-state index in [0.29, 0.717) is 56.3 Å². The Morgan fingerprint density at radius 1 is 1.07 bits per heavy atom. The number of ether oxygens (including phenoxy) is 1. The number of carbonyl (C=O) groups excluding carboxylic acids is 1. The third-order valence-corrected chi connectivity index (χ3v) is 10.2. The summed E-state index contributed by atoms with van der Waals surface area (Å²) in [7, 11) is 0. The molecule has 8 heteroatoms. The third kappa shape index (κ3) is 7.27. The van der Waals surface area contributed by atoms with E-state index in [4.69, 9.17) is 4.74 Å². The fourth-order valence-electron chi connectivity index (χ4n) is 7.57. The zero-order chi connectivity index (χ0) is 30.5. The molecule has 44 heavy (non-hydrogen) atoms. The van der Waals surface area contributed by atoms with E-state index in [1.165, 1.54) is 49.4 Å². The molecule has 2 saturated carbocycles. The van der Waals surface area contributed by atoms with Gasteiger partial charge in [0, 0.05) is 19.5 Å². The van der Waals surface area contributed by atoms with Gasteiger partial charge in [-0.1, -0.05) is 68.9 Å². The normalized spacial score (nSPS) is 22.6. The molecule has 0 spiro atoms. The molecule has 0 bridgehead atoms. The number of amides is 1. The molecular weight excluding hydrogens is 552 g/mol. The third-order valence-electron chi connectivity index (χ3n) is 10.2. The van der Waals surface area contributed by atoms with E-state index in [9.17, 15) is 14.7 Å². The molecule has 6 rings (SSSR count). The minimum Gasteiger partial charge on any atom is -0.388 e. The van der Waals surface area contributed by atoms with Crippen molar-refractivity contribution >= 4 is 11.4 Å². The number of nitrogens with zero attached hydrogens (tertiary/aromatic N) is 4. The van der Waals surface area contributed by atoms with E-state index in [0.717, 1.165) is 30.2 Å². The highest BCUT2D eigenvalue weighted by Gasteiger charge is 2.35. The summed E-state index contributed by atoms with van der Waals surface area (Å²) in [5.74, 6) is 8.22. The van der Waals surface area contributed by atoms with E-state index in [1.54, 1.807) is 10.6 Å². The Kier molecular flexibility index (Phi) is 9.53. The highest BCUT2D eigenvalue weighted by molar-refractivity contribution is 5.77. The molecule has 2 aromatic heterocycles. The van der Waals surface area contributed by atoms with Crippen molar-refractivity contribution in [3.05, 3.63) is 70.4 Å². The zero-order valence-corrected chi connectivity index (χ0v) is 26.0. The standard InChI is InChI=1S/C36H46N4O4/c1-27(30-10-3-2-4-11-30)22-34(41)38-19-17-36(43,18-20-38)25-39-26-37-40-31(14-16-33(40)35(39)42)12-7-21-44-32-15-13-29(24-32)23-28-8-5-6-9-28/h2-4,10-11,14,16,26-29,32,43H,5-6,8-9,13,15,17-25H2,1H3/t27-,29?,32?/m1/s1. The van der Waals surface area contributed by atoms with E-state index in [1.807, 2.05) is 41.3 Å². The Balaban J connectivity index is 0.995. The second-order valence-corrected chi connectivity index (χ2v) is 13.5. The molecule has 3 aliphatic rings. The smallest absolute Gasteiger partial charge is 0.277 e. The molecule has 234 valence electrons. The Morgan fingerprint density at radius 2 is 1.84 bits per heavy atom. The summed E-state index contributed by atoms with van der Waals surface area (Å²) in [5.41, 5.74) is 0.931. The average molecular weight is 599 g/mol. The monoisotopic (exact) mass is 598 g/mol. The number of fused-ring (bicyclic) bond motifs is 1. The molecule has 2 unspecified atom stereocenters. The van der Waals surface area contributed by atoms with Gasteiger partial charge in [-0.15, -0.1) is 0 Å². The molecule has 3 heterocycles. The number of aromatic nitrogens is 3. The van der Waals surface area contributed by atoms with Crippen molar-refractivity contribution in [3.63, 3.8) is 0 Å². The van der Waals surface area contributed by atoms with Gasteiger partial charge in [-0.05, 0) is 79.9 Å². The van der Waals surface area contributed by atoms with Gasteiger partial charge in [0.2, 0.25) is 5.91 Å². The first-order chi connectivity index (χ1) is 21.4. The van der Waals surface area contributed by atoms with Crippen LogP contribution < -0.4 is 5.56 Å². The number of aliphatic hydroxyl groups is 1. The molecule has 8 nitrogen and oxygen atoms in total. The average Bonchev–Trinajstić information content (AvgIpc) is 3.80. The first-order valence-electron chi connectivity index (χ1n) is 16.6. The van der Waals surface area contributed by atoms with Crippen LogP contribution in [0.5, 0.6) is 0 Å². The minimum atomic E-state index is -1.07. The predicted octanol–water partition coefficient (Wildman–Crippen LogP) is 5.16. The van der Waals surface area contributed by atoms with Crippen LogP contribution in [0.15, 0.2) is 53.6 Å². The lowest BCUT2D eigenvalue weighted by atomic mass is 9.90. The zero-order valence-electron chi connectivity index (χ0n) is 26.0. The van der Waals surface area contributed by atoms with Crippen LogP contribution in [0.3, 0.4) is 0 Å². The van der Waals surface area contributed by atoms with Crippen molar-refractivity contribution in [2.75, 3.05) is 19.7 Å². The molecular formula is C36H46N4O4.